The molecule has 0 heterocycles. The Hall–Kier alpha value is -0.830. The maximum Gasteiger partial charge on any atom is 0.236 e. The summed E-state index contributed by atoms with van der Waals surface area (Å²) in [5.41, 5.74) is 0. The number of carbonyl (C=O) groups is 1. The number of allylic oxidation sites excluding steroid dienone is 1. The first-order valence-corrected chi connectivity index (χ1v) is 5.44. The van der Waals surface area contributed by atoms with Gasteiger partial charge in [-0.15, -0.1) is 0 Å². The molecule has 0 saturated carbocycles. The maximum absolute atomic E-state index is 11.4. The van der Waals surface area contributed by atoms with E-state index in [0.717, 1.165) is 6.42 Å². The molecule has 2 atom stereocenters. The highest BCUT2D eigenvalue weighted by molar-refractivity contribution is 5.81. The van der Waals surface area contributed by atoms with Crippen molar-refractivity contribution >= 4 is 5.91 Å². The van der Waals surface area contributed by atoms with Crippen molar-refractivity contribution in [3.63, 3.8) is 0 Å². The molecule has 0 spiro atoms. The quantitative estimate of drug-likeness (QED) is 0.664. The van der Waals surface area contributed by atoms with Gasteiger partial charge in [-0.05, 0) is 33.1 Å². The Morgan fingerprint density at radius 2 is 2.43 bits per heavy atom. The van der Waals surface area contributed by atoms with Gasteiger partial charge in [-0.1, -0.05) is 12.2 Å². The molecule has 0 aromatic rings. The van der Waals surface area contributed by atoms with Crippen LogP contribution in [0.4, 0.5) is 0 Å². The van der Waals surface area contributed by atoms with Gasteiger partial charge in [0, 0.05) is 12.6 Å². The molecule has 0 aromatic heterocycles. The second kappa shape index (κ2) is 5.81. The molecule has 1 amide bonds. The minimum atomic E-state index is -0.0947. The summed E-state index contributed by atoms with van der Waals surface area (Å²) < 4.78 is 0. The molecule has 0 radical (unpaired) electrons. The van der Waals surface area contributed by atoms with E-state index in [9.17, 15) is 4.79 Å². The summed E-state index contributed by atoms with van der Waals surface area (Å²) in [6.45, 7) is 4.55. The molecule has 0 bridgehead atoms. The van der Waals surface area contributed by atoms with Crippen molar-refractivity contribution in [1.82, 2.24) is 10.6 Å². The summed E-state index contributed by atoms with van der Waals surface area (Å²) in [6.07, 6.45) is 7.88. The Balaban J connectivity index is 2.31. The van der Waals surface area contributed by atoms with E-state index in [0.29, 0.717) is 12.6 Å². The SMILES string of the molecule is CCNC(=O)C(C)NC1C=CCCC1. The summed E-state index contributed by atoms with van der Waals surface area (Å²) >= 11 is 0. The van der Waals surface area contributed by atoms with Crippen LogP contribution in [0.1, 0.15) is 33.1 Å². The number of nitrogens with one attached hydrogen (secondary N) is 2. The number of likely N-dealkylation sites (N-methyl/N-ethyl adjacent to an activating group) is 1. The third-order valence-corrected chi connectivity index (χ3v) is 2.46. The lowest BCUT2D eigenvalue weighted by Gasteiger charge is -2.22. The van der Waals surface area contributed by atoms with Crippen LogP contribution in [0.25, 0.3) is 0 Å². The predicted molar refractivity (Wildman–Crippen MR) is 58.1 cm³/mol. The van der Waals surface area contributed by atoms with Gasteiger partial charge in [0.05, 0.1) is 6.04 Å². The van der Waals surface area contributed by atoms with E-state index in [2.05, 4.69) is 22.8 Å². The first kappa shape index (κ1) is 11.2. The Bertz CT molecular complexity index is 213. The van der Waals surface area contributed by atoms with Crippen LogP contribution in [0.3, 0.4) is 0 Å². The average Bonchev–Trinajstić information content (AvgIpc) is 2.19. The van der Waals surface area contributed by atoms with Crippen LogP contribution >= 0.6 is 0 Å². The molecule has 80 valence electrons. The fourth-order valence-electron chi connectivity index (χ4n) is 1.68. The molecule has 0 aromatic carbocycles. The molecular formula is C11H20N2O. The third-order valence-electron chi connectivity index (χ3n) is 2.46. The van der Waals surface area contributed by atoms with Crippen molar-refractivity contribution in [1.29, 1.82) is 0 Å². The molecule has 0 fully saturated rings. The van der Waals surface area contributed by atoms with Crippen molar-refractivity contribution in [3.05, 3.63) is 12.2 Å². The Labute approximate surface area is 86.0 Å². The van der Waals surface area contributed by atoms with E-state index < -0.39 is 0 Å². The highest BCUT2D eigenvalue weighted by Gasteiger charge is 2.16. The Kier molecular flexibility index (Phi) is 4.66. The van der Waals surface area contributed by atoms with Crippen LogP contribution in [-0.2, 0) is 4.79 Å². The minimum absolute atomic E-state index is 0.0893. The van der Waals surface area contributed by atoms with E-state index in [1.165, 1.54) is 12.8 Å². The third kappa shape index (κ3) is 3.50. The minimum Gasteiger partial charge on any atom is -0.355 e. The smallest absolute Gasteiger partial charge is 0.236 e. The van der Waals surface area contributed by atoms with Crippen molar-refractivity contribution in [3.8, 4) is 0 Å². The van der Waals surface area contributed by atoms with Crippen LogP contribution in [0, 0.1) is 0 Å². The molecule has 1 rings (SSSR count). The first-order valence-electron chi connectivity index (χ1n) is 5.44. The molecule has 0 saturated heterocycles. The van der Waals surface area contributed by atoms with Gasteiger partial charge in [0.15, 0.2) is 0 Å². The van der Waals surface area contributed by atoms with Gasteiger partial charge >= 0.3 is 0 Å². The molecule has 3 heteroatoms. The lowest BCUT2D eigenvalue weighted by atomic mass is 10.0. The van der Waals surface area contributed by atoms with Crippen molar-refractivity contribution < 1.29 is 4.79 Å². The van der Waals surface area contributed by atoms with Gasteiger partial charge in [-0.2, -0.15) is 0 Å². The molecule has 1 aliphatic rings. The van der Waals surface area contributed by atoms with Gasteiger partial charge in [-0.3, -0.25) is 10.1 Å². The van der Waals surface area contributed by atoms with Crippen LogP contribution in [0.2, 0.25) is 0 Å². The lowest BCUT2D eigenvalue weighted by Crippen LogP contribution is -2.46. The summed E-state index contributed by atoms with van der Waals surface area (Å²) in [4.78, 5) is 11.4. The van der Waals surface area contributed by atoms with Gasteiger partial charge in [0.2, 0.25) is 5.91 Å². The lowest BCUT2D eigenvalue weighted by molar-refractivity contribution is -0.122. The Morgan fingerprint density at radius 1 is 1.64 bits per heavy atom. The maximum atomic E-state index is 11.4. The monoisotopic (exact) mass is 196 g/mol. The number of carbonyl (C=O) groups excluding carboxylic acids is 1. The second-order valence-corrected chi connectivity index (χ2v) is 3.75. The molecule has 1 aliphatic carbocycles. The molecule has 0 aliphatic heterocycles. The van der Waals surface area contributed by atoms with Gasteiger partial charge in [0.1, 0.15) is 0 Å². The predicted octanol–water partition coefficient (Wildman–Crippen LogP) is 1.21. The van der Waals surface area contributed by atoms with Crippen molar-refractivity contribution in [2.24, 2.45) is 0 Å². The zero-order chi connectivity index (χ0) is 10.4. The van der Waals surface area contributed by atoms with E-state index in [4.69, 9.17) is 0 Å². The standard InChI is InChI=1S/C11H20N2O/c1-3-12-11(14)9(2)13-10-7-5-4-6-8-10/h5,7,9-10,13H,3-4,6,8H2,1-2H3,(H,12,14). The molecule has 3 nitrogen and oxygen atoms in total. The average molecular weight is 196 g/mol. The van der Waals surface area contributed by atoms with Crippen molar-refractivity contribution in [2.45, 2.75) is 45.2 Å². The highest BCUT2D eigenvalue weighted by Crippen LogP contribution is 2.10. The molecule has 14 heavy (non-hydrogen) atoms. The number of hydrogen-bond donors (Lipinski definition) is 2. The molecule has 2 N–H and O–H groups in total. The fourth-order valence-corrected chi connectivity index (χ4v) is 1.68. The molecule has 2 unspecified atom stereocenters. The van der Waals surface area contributed by atoms with Crippen LogP contribution < -0.4 is 10.6 Å². The Morgan fingerprint density at radius 3 is 3.00 bits per heavy atom. The number of hydrogen-bond acceptors (Lipinski definition) is 2. The van der Waals surface area contributed by atoms with Gasteiger partial charge < -0.3 is 5.32 Å². The topological polar surface area (TPSA) is 41.1 Å². The van der Waals surface area contributed by atoms with Crippen molar-refractivity contribution in [2.75, 3.05) is 6.54 Å². The van der Waals surface area contributed by atoms with Crippen LogP contribution in [0.5, 0.6) is 0 Å². The second-order valence-electron chi connectivity index (χ2n) is 3.75. The van der Waals surface area contributed by atoms with E-state index in [-0.39, 0.29) is 11.9 Å². The zero-order valence-electron chi connectivity index (χ0n) is 9.05. The fraction of sp³-hybridized carbons (Fsp3) is 0.727. The normalized spacial score (nSPS) is 23.1. The first-order chi connectivity index (χ1) is 6.74. The van der Waals surface area contributed by atoms with E-state index in [1.807, 2.05) is 13.8 Å². The van der Waals surface area contributed by atoms with Crippen LogP contribution in [-0.4, -0.2) is 24.5 Å². The summed E-state index contributed by atoms with van der Waals surface area (Å²) in [5, 5.41) is 6.11. The number of rotatable bonds is 4. The van der Waals surface area contributed by atoms with Crippen LogP contribution in [0.15, 0.2) is 12.2 Å². The molecular weight excluding hydrogens is 176 g/mol. The van der Waals surface area contributed by atoms with Gasteiger partial charge in [0.25, 0.3) is 0 Å². The largest absolute Gasteiger partial charge is 0.355 e. The summed E-state index contributed by atoms with van der Waals surface area (Å²) in [5.74, 6) is 0.0893. The number of amides is 1. The van der Waals surface area contributed by atoms with Gasteiger partial charge in [-0.25, -0.2) is 0 Å². The highest BCUT2D eigenvalue weighted by atomic mass is 16.2. The zero-order valence-corrected chi connectivity index (χ0v) is 9.05. The summed E-state index contributed by atoms with van der Waals surface area (Å²) in [7, 11) is 0. The van der Waals surface area contributed by atoms with E-state index >= 15 is 0 Å². The summed E-state index contributed by atoms with van der Waals surface area (Å²) in [6, 6.07) is 0.282. The van der Waals surface area contributed by atoms with E-state index in [1.54, 1.807) is 0 Å².